The average molecular weight is 375 g/mol. The monoisotopic (exact) mass is 374 g/mol. The van der Waals surface area contributed by atoms with Crippen LogP contribution in [0, 0.1) is 16.7 Å². The summed E-state index contributed by atoms with van der Waals surface area (Å²) in [6, 6.07) is 2.22. The van der Waals surface area contributed by atoms with Crippen LogP contribution >= 0.6 is 23.5 Å². The van der Waals surface area contributed by atoms with E-state index in [1.165, 1.54) is 22.5 Å². The Balaban J connectivity index is 1.73. The first-order valence-corrected chi connectivity index (χ1v) is 10.2. The lowest BCUT2D eigenvalue weighted by Crippen LogP contribution is -2.45. The SMILES string of the molecule is CN1CCN(C2=CCN(Cl)C3=CC/C(=C/C#N)CC34CSC=C24)CC1. The van der Waals surface area contributed by atoms with Crippen LogP contribution in [0.3, 0.4) is 0 Å². The number of nitriles is 1. The molecule has 1 fully saturated rings. The van der Waals surface area contributed by atoms with Crippen molar-refractivity contribution >= 4 is 23.5 Å². The van der Waals surface area contributed by atoms with Gasteiger partial charge in [0.15, 0.2) is 0 Å². The summed E-state index contributed by atoms with van der Waals surface area (Å²) in [4.78, 5) is 4.91. The number of halogens is 1. The van der Waals surface area contributed by atoms with Crippen molar-refractivity contribution in [3.05, 3.63) is 46.2 Å². The number of thioether (sulfide) groups is 1. The van der Waals surface area contributed by atoms with Gasteiger partial charge in [-0.2, -0.15) is 5.26 Å². The molecule has 6 heteroatoms. The maximum atomic E-state index is 9.11. The lowest BCUT2D eigenvalue weighted by Gasteiger charge is -2.42. The molecular weight excluding hydrogens is 352 g/mol. The largest absolute Gasteiger partial charge is 0.369 e. The molecule has 4 nitrogen and oxygen atoms in total. The Bertz CT molecular complexity index is 724. The van der Waals surface area contributed by atoms with Crippen molar-refractivity contribution in [3.63, 3.8) is 0 Å². The van der Waals surface area contributed by atoms with Crippen LogP contribution < -0.4 is 0 Å². The Morgan fingerprint density at radius 2 is 2.08 bits per heavy atom. The van der Waals surface area contributed by atoms with E-state index in [2.05, 4.69) is 40.5 Å². The molecule has 25 heavy (non-hydrogen) atoms. The normalized spacial score (nSPS) is 31.6. The highest BCUT2D eigenvalue weighted by molar-refractivity contribution is 8.02. The Hall–Kier alpha value is -1.35. The van der Waals surface area contributed by atoms with Gasteiger partial charge in [-0.25, -0.2) is 0 Å². The fraction of sp³-hybridized carbons (Fsp3) is 0.526. The first kappa shape index (κ1) is 17.1. The van der Waals surface area contributed by atoms with Crippen molar-refractivity contribution in [2.75, 3.05) is 45.5 Å². The van der Waals surface area contributed by atoms with Crippen LogP contribution in [0.4, 0.5) is 0 Å². The number of likely N-dealkylation sites (N-methyl/N-ethyl adjacent to an activating group) is 1. The van der Waals surface area contributed by atoms with Gasteiger partial charge in [0.25, 0.3) is 0 Å². The zero-order chi connectivity index (χ0) is 17.4. The van der Waals surface area contributed by atoms with Crippen LogP contribution in [0.15, 0.2) is 46.2 Å². The predicted octanol–water partition coefficient (Wildman–Crippen LogP) is 3.33. The lowest BCUT2D eigenvalue weighted by atomic mass is 9.70. The van der Waals surface area contributed by atoms with Crippen molar-refractivity contribution in [2.45, 2.75) is 12.8 Å². The molecule has 0 bridgehead atoms. The smallest absolute Gasteiger partial charge is 0.0911 e. The quantitative estimate of drug-likeness (QED) is 0.519. The van der Waals surface area contributed by atoms with Gasteiger partial charge in [-0.3, -0.25) is 4.42 Å². The van der Waals surface area contributed by atoms with E-state index in [0.29, 0.717) is 0 Å². The van der Waals surface area contributed by atoms with Crippen LogP contribution in [-0.2, 0) is 0 Å². The van der Waals surface area contributed by atoms with Crippen LogP contribution in [0.5, 0.6) is 0 Å². The van der Waals surface area contributed by atoms with Gasteiger partial charge < -0.3 is 9.80 Å². The first-order valence-electron chi connectivity index (χ1n) is 8.82. The minimum absolute atomic E-state index is 0.0843. The highest BCUT2D eigenvalue weighted by Crippen LogP contribution is 2.57. The topological polar surface area (TPSA) is 33.5 Å². The van der Waals surface area contributed by atoms with Gasteiger partial charge in [-0.15, -0.1) is 11.8 Å². The van der Waals surface area contributed by atoms with Gasteiger partial charge in [-0.1, -0.05) is 11.6 Å². The third-order valence-electron chi connectivity index (χ3n) is 5.72. The molecule has 1 spiro atoms. The fourth-order valence-electron chi connectivity index (χ4n) is 4.35. The number of nitrogens with zero attached hydrogens (tertiary/aromatic N) is 4. The van der Waals surface area contributed by atoms with Gasteiger partial charge in [0.2, 0.25) is 0 Å². The van der Waals surface area contributed by atoms with Gasteiger partial charge in [0.05, 0.1) is 18.0 Å². The van der Waals surface area contributed by atoms with Crippen LogP contribution in [0.25, 0.3) is 0 Å². The van der Waals surface area contributed by atoms with Gasteiger partial charge >= 0.3 is 0 Å². The highest BCUT2D eigenvalue weighted by Gasteiger charge is 2.48. The van der Waals surface area contributed by atoms with E-state index in [0.717, 1.165) is 51.3 Å². The van der Waals surface area contributed by atoms with Crippen LogP contribution in [0.2, 0.25) is 0 Å². The molecule has 4 rings (SSSR count). The molecule has 1 atom stereocenters. The molecule has 4 aliphatic rings. The van der Waals surface area contributed by atoms with Crippen molar-refractivity contribution in [3.8, 4) is 6.07 Å². The second kappa shape index (κ2) is 6.75. The minimum Gasteiger partial charge on any atom is -0.369 e. The standard InChI is InChI=1S/C19H23ClN4S/c1-22-8-10-23(11-9-22)17-5-7-24(20)18-3-2-15(4-6-21)12-19(18)14-25-13-16(17)19/h3-5,13H,2,7-12,14H2,1H3/b15-4-. The molecule has 1 saturated heterocycles. The molecule has 0 aromatic rings. The molecule has 1 aliphatic carbocycles. The molecule has 132 valence electrons. The molecule has 0 N–H and O–H groups in total. The van der Waals surface area contributed by atoms with E-state index in [1.54, 1.807) is 6.08 Å². The minimum atomic E-state index is -0.0843. The summed E-state index contributed by atoms with van der Waals surface area (Å²) in [5, 5.41) is 11.4. The summed E-state index contributed by atoms with van der Waals surface area (Å²) in [6.45, 7) is 5.04. The summed E-state index contributed by atoms with van der Waals surface area (Å²) in [5.41, 5.74) is 5.11. The number of rotatable bonds is 1. The third-order valence-corrected chi connectivity index (χ3v) is 7.10. The Morgan fingerprint density at radius 3 is 2.84 bits per heavy atom. The maximum Gasteiger partial charge on any atom is 0.0911 e. The van der Waals surface area contributed by atoms with Crippen LogP contribution in [0.1, 0.15) is 12.8 Å². The number of hydrogen-bond donors (Lipinski definition) is 0. The van der Waals surface area contributed by atoms with Gasteiger partial charge in [0.1, 0.15) is 0 Å². The first-order chi connectivity index (χ1) is 12.1. The zero-order valence-electron chi connectivity index (χ0n) is 14.5. The van der Waals surface area contributed by atoms with Crippen molar-refractivity contribution in [2.24, 2.45) is 5.41 Å². The Morgan fingerprint density at radius 1 is 1.28 bits per heavy atom. The van der Waals surface area contributed by atoms with Gasteiger partial charge in [0, 0.05) is 61.2 Å². The lowest BCUT2D eigenvalue weighted by molar-refractivity contribution is 0.185. The summed E-state index contributed by atoms with van der Waals surface area (Å²) in [5.74, 6) is 1.01. The van der Waals surface area contributed by atoms with E-state index < -0.39 is 0 Å². The highest BCUT2D eigenvalue weighted by atomic mass is 35.5. The molecule has 0 saturated carbocycles. The zero-order valence-corrected chi connectivity index (χ0v) is 16.1. The van der Waals surface area contributed by atoms with E-state index in [4.69, 9.17) is 17.0 Å². The molecule has 0 radical (unpaired) electrons. The molecule has 0 aromatic heterocycles. The average Bonchev–Trinajstić information content (AvgIpc) is 2.95. The number of hydrogen-bond acceptors (Lipinski definition) is 5. The second-order valence-corrected chi connectivity index (χ2v) is 8.52. The van der Waals surface area contributed by atoms with E-state index >= 15 is 0 Å². The Kier molecular flexibility index (Phi) is 4.61. The third kappa shape index (κ3) is 2.91. The summed E-state index contributed by atoms with van der Waals surface area (Å²) in [7, 11) is 2.19. The summed E-state index contributed by atoms with van der Waals surface area (Å²) in [6.07, 6.45) is 7.99. The molecule has 3 heterocycles. The number of allylic oxidation sites excluding steroid dienone is 5. The summed E-state index contributed by atoms with van der Waals surface area (Å²) < 4.78 is 1.89. The molecule has 3 aliphatic heterocycles. The predicted molar refractivity (Wildman–Crippen MR) is 104 cm³/mol. The van der Waals surface area contributed by atoms with Gasteiger partial charge in [-0.05, 0) is 36.9 Å². The second-order valence-electron chi connectivity index (χ2n) is 7.25. The maximum absolute atomic E-state index is 9.11. The molecule has 0 amide bonds. The van der Waals surface area contributed by atoms with Crippen molar-refractivity contribution < 1.29 is 0 Å². The van der Waals surface area contributed by atoms with Crippen molar-refractivity contribution in [1.29, 1.82) is 5.26 Å². The van der Waals surface area contributed by atoms with E-state index in [1.807, 2.05) is 16.2 Å². The molecular formula is C19H23ClN4S. The summed E-state index contributed by atoms with van der Waals surface area (Å²) >= 11 is 8.56. The van der Waals surface area contributed by atoms with Crippen LogP contribution in [-0.4, -0.2) is 59.7 Å². The fourth-order valence-corrected chi connectivity index (χ4v) is 5.94. The van der Waals surface area contributed by atoms with Crippen molar-refractivity contribution in [1.82, 2.24) is 14.2 Å². The molecule has 0 aromatic carbocycles. The van der Waals surface area contributed by atoms with E-state index in [-0.39, 0.29) is 5.41 Å². The van der Waals surface area contributed by atoms with E-state index in [9.17, 15) is 0 Å². The number of piperazine rings is 1. The molecule has 1 unspecified atom stereocenters. The Labute approximate surface area is 159 Å².